The fraction of sp³-hybridized carbons (Fsp3) is 0.975. The molecule has 2 aliphatic heterocycles. The molecule has 10 heteroatoms. The molecule has 0 aromatic carbocycles. The maximum atomic E-state index is 12.6. The predicted octanol–water partition coefficient (Wildman–Crippen LogP) is 6.46. The highest BCUT2D eigenvalue weighted by Crippen LogP contribution is 2.23. The molecule has 10 nitrogen and oxygen atoms in total. The smallest absolute Gasteiger partial charge is 0.220 e. The molecule has 2 heterocycles. The van der Waals surface area contributed by atoms with E-state index < -0.39 is 49.5 Å². The maximum absolute atomic E-state index is 12.6. The number of aliphatic hydroxyl groups is 5. The van der Waals surface area contributed by atoms with Crippen LogP contribution in [0, 0.1) is 5.92 Å². The summed E-state index contributed by atoms with van der Waals surface area (Å²) in [5, 5.41) is 53.0. The Bertz CT molecular complexity index is 799. The Balaban J connectivity index is 1.36. The topological polar surface area (TPSA) is 158 Å². The Morgan fingerprint density at radius 3 is 1.58 bits per heavy atom. The van der Waals surface area contributed by atoms with Gasteiger partial charge in [0.2, 0.25) is 5.91 Å². The molecule has 0 aromatic heterocycles. The van der Waals surface area contributed by atoms with Crippen molar-refractivity contribution in [1.29, 1.82) is 0 Å². The number of amides is 1. The summed E-state index contributed by atoms with van der Waals surface area (Å²) in [7, 11) is 0. The highest BCUT2D eigenvalue weighted by Gasteiger charge is 2.44. The number of hydrogen-bond acceptors (Lipinski definition) is 9. The van der Waals surface area contributed by atoms with E-state index in [9.17, 15) is 30.3 Å². The van der Waals surface area contributed by atoms with E-state index in [1.807, 2.05) is 6.92 Å². The minimum absolute atomic E-state index is 0.145. The first-order chi connectivity index (χ1) is 24.4. The van der Waals surface area contributed by atoms with Crippen molar-refractivity contribution in [3.8, 4) is 0 Å². The Labute approximate surface area is 304 Å². The van der Waals surface area contributed by atoms with Gasteiger partial charge in [-0.2, -0.15) is 0 Å². The summed E-state index contributed by atoms with van der Waals surface area (Å²) in [6, 6.07) is -0.711. The van der Waals surface area contributed by atoms with Crippen LogP contribution in [-0.2, 0) is 19.0 Å². The molecule has 7 atom stereocenters. The van der Waals surface area contributed by atoms with E-state index >= 15 is 0 Å². The molecular weight excluding hydrogens is 638 g/mol. The molecule has 50 heavy (non-hydrogen) atoms. The van der Waals surface area contributed by atoms with E-state index in [2.05, 4.69) is 5.32 Å². The zero-order chi connectivity index (χ0) is 36.2. The third kappa shape index (κ3) is 20.4. The molecule has 6 N–H and O–H groups in total. The van der Waals surface area contributed by atoms with Crippen molar-refractivity contribution in [2.75, 3.05) is 26.4 Å². The number of ether oxygens (including phenoxy) is 3. The number of nitrogens with one attached hydrogen (secondary N) is 1. The average molecular weight is 716 g/mol. The van der Waals surface area contributed by atoms with Gasteiger partial charge in [-0.05, 0) is 19.3 Å². The molecule has 2 rings (SSSR count). The van der Waals surface area contributed by atoms with Crippen LogP contribution in [0.3, 0.4) is 0 Å². The summed E-state index contributed by atoms with van der Waals surface area (Å²) < 4.78 is 16.2. The number of carbonyl (C=O) groups is 1. The first kappa shape index (κ1) is 45.3. The minimum atomic E-state index is -1.54. The molecule has 5 unspecified atom stereocenters. The number of rotatable bonds is 33. The molecule has 2 saturated heterocycles. The average Bonchev–Trinajstić information content (AvgIpc) is 3.09. The van der Waals surface area contributed by atoms with Crippen molar-refractivity contribution < 1.29 is 44.5 Å². The lowest BCUT2D eigenvalue weighted by atomic mass is 9.98. The normalized spacial score (nSPS) is 23.8. The van der Waals surface area contributed by atoms with Crippen LogP contribution in [-0.4, -0.2) is 101 Å². The van der Waals surface area contributed by atoms with E-state index in [-0.39, 0.29) is 12.5 Å². The molecule has 2 aliphatic rings. The van der Waals surface area contributed by atoms with E-state index in [0.29, 0.717) is 19.3 Å². The van der Waals surface area contributed by atoms with Crippen LogP contribution in [0.2, 0.25) is 0 Å². The summed E-state index contributed by atoms with van der Waals surface area (Å²) in [5.74, 6) is 0.709. The molecular formula is C40H77NO9. The predicted molar refractivity (Wildman–Crippen MR) is 198 cm³/mol. The van der Waals surface area contributed by atoms with Gasteiger partial charge in [0.15, 0.2) is 6.29 Å². The number of aliphatic hydroxyl groups excluding tert-OH is 5. The second kappa shape index (κ2) is 29.6. The summed E-state index contributed by atoms with van der Waals surface area (Å²) >= 11 is 0. The van der Waals surface area contributed by atoms with Crippen molar-refractivity contribution in [2.24, 2.45) is 5.92 Å². The van der Waals surface area contributed by atoms with E-state index in [4.69, 9.17) is 14.2 Å². The van der Waals surface area contributed by atoms with Crippen LogP contribution in [0.4, 0.5) is 0 Å². The summed E-state index contributed by atoms with van der Waals surface area (Å²) in [4.78, 5) is 12.6. The lowest BCUT2D eigenvalue weighted by Crippen LogP contribution is -2.60. The second-order valence-electron chi connectivity index (χ2n) is 15.3. The van der Waals surface area contributed by atoms with Gasteiger partial charge >= 0.3 is 0 Å². The monoisotopic (exact) mass is 716 g/mol. The van der Waals surface area contributed by atoms with E-state index in [0.717, 1.165) is 38.4 Å². The Kier molecular flexibility index (Phi) is 26.8. The molecule has 0 aromatic rings. The van der Waals surface area contributed by atoms with Crippen molar-refractivity contribution in [3.05, 3.63) is 0 Å². The zero-order valence-electron chi connectivity index (χ0n) is 31.7. The SMILES string of the molecule is CCC[C@@H](O)[C@H](COC1OC(CO)C(O)C(O)C1O)NC(=O)CCCCCCCCCCCCCCCCCCCCCCCCC1COC1. The lowest BCUT2D eigenvalue weighted by molar-refractivity contribution is -0.302. The van der Waals surface area contributed by atoms with Crippen LogP contribution in [0.25, 0.3) is 0 Å². The molecule has 0 saturated carbocycles. The van der Waals surface area contributed by atoms with Crippen LogP contribution < -0.4 is 5.32 Å². The zero-order valence-corrected chi connectivity index (χ0v) is 31.7. The highest BCUT2D eigenvalue weighted by atomic mass is 16.7. The van der Waals surface area contributed by atoms with Crippen molar-refractivity contribution >= 4 is 5.91 Å². The molecule has 0 bridgehead atoms. The van der Waals surface area contributed by atoms with E-state index in [1.165, 1.54) is 128 Å². The third-order valence-electron chi connectivity index (χ3n) is 10.7. The van der Waals surface area contributed by atoms with Gasteiger partial charge in [-0.15, -0.1) is 0 Å². The number of hydrogen-bond donors (Lipinski definition) is 6. The first-order valence-corrected chi connectivity index (χ1v) is 20.8. The lowest BCUT2D eigenvalue weighted by Gasteiger charge is -2.40. The van der Waals surface area contributed by atoms with Gasteiger partial charge in [-0.3, -0.25) is 4.79 Å². The molecule has 1 amide bonds. The van der Waals surface area contributed by atoms with Gasteiger partial charge in [0, 0.05) is 12.3 Å². The van der Waals surface area contributed by atoms with Crippen molar-refractivity contribution in [3.63, 3.8) is 0 Å². The van der Waals surface area contributed by atoms with Crippen LogP contribution >= 0.6 is 0 Å². The summed E-state index contributed by atoms with van der Waals surface area (Å²) in [5.41, 5.74) is 0. The summed E-state index contributed by atoms with van der Waals surface area (Å²) in [6.07, 6.45) is 24.2. The Hall–Kier alpha value is -0.850. The fourth-order valence-corrected chi connectivity index (χ4v) is 7.13. The first-order valence-electron chi connectivity index (χ1n) is 20.8. The van der Waals surface area contributed by atoms with Gasteiger partial charge in [-0.1, -0.05) is 148 Å². The van der Waals surface area contributed by atoms with Crippen LogP contribution in [0.5, 0.6) is 0 Å². The Morgan fingerprint density at radius 1 is 0.700 bits per heavy atom. The molecule has 2 fully saturated rings. The molecule has 0 aliphatic carbocycles. The third-order valence-corrected chi connectivity index (χ3v) is 10.7. The maximum Gasteiger partial charge on any atom is 0.220 e. The number of unbranched alkanes of at least 4 members (excludes halogenated alkanes) is 21. The largest absolute Gasteiger partial charge is 0.394 e. The molecule has 296 valence electrons. The summed E-state index contributed by atoms with van der Waals surface area (Å²) in [6.45, 7) is 3.26. The van der Waals surface area contributed by atoms with Crippen LogP contribution in [0.1, 0.15) is 174 Å². The number of carbonyl (C=O) groups excluding carboxylic acids is 1. The van der Waals surface area contributed by atoms with Crippen molar-refractivity contribution in [2.45, 2.75) is 217 Å². The quantitative estimate of drug-likeness (QED) is 0.0420. The van der Waals surface area contributed by atoms with Gasteiger partial charge in [0.1, 0.15) is 24.4 Å². The Morgan fingerprint density at radius 2 is 1.16 bits per heavy atom. The van der Waals surface area contributed by atoms with Gasteiger partial charge in [0.25, 0.3) is 0 Å². The minimum Gasteiger partial charge on any atom is -0.394 e. The van der Waals surface area contributed by atoms with Gasteiger partial charge in [0.05, 0.1) is 38.6 Å². The second-order valence-corrected chi connectivity index (χ2v) is 15.3. The fourth-order valence-electron chi connectivity index (χ4n) is 7.13. The van der Waals surface area contributed by atoms with Crippen LogP contribution in [0.15, 0.2) is 0 Å². The van der Waals surface area contributed by atoms with Gasteiger partial charge < -0.3 is 45.1 Å². The van der Waals surface area contributed by atoms with Crippen molar-refractivity contribution in [1.82, 2.24) is 5.32 Å². The molecule has 0 radical (unpaired) electrons. The highest BCUT2D eigenvalue weighted by molar-refractivity contribution is 5.76. The van der Waals surface area contributed by atoms with E-state index in [1.54, 1.807) is 0 Å². The van der Waals surface area contributed by atoms with Gasteiger partial charge in [-0.25, -0.2) is 0 Å². The standard InChI is InChI=1S/C40H77NO9/c1-2-25-34(43)33(31-49-40-39(47)38(46)37(45)35(28-42)50-40)41-36(44)27-24-22-20-18-16-14-12-10-8-6-4-3-5-7-9-11-13-15-17-19-21-23-26-32-29-48-30-32/h32-35,37-40,42-43,45-47H,2-31H2,1H3,(H,41,44)/t33-,34+,35?,37?,38?,39?,40?/m0/s1. The molecule has 0 spiro atoms.